The van der Waals surface area contributed by atoms with E-state index in [1.165, 1.54) is 180 Å². The molecule has 1 heterocycles. The van der Waals surface area contributed by atoms with Gasteiger partial charge in [0.1, 0.15) is 0 Å². The Morgan fingerprint density at radius 2 is 0.923 bits per heavy atom. The van der Waals surface area contributed by atoms with Crippen LogP contribution < -0.4 is 0 Å². The Labute approximate surface area is 246 Å². The van der Waals surface area contributed by atoms with Crippen LogP contribution in [0, 0.1) is 11.8 Å². The van der Waals surface area contributed by atoms with E-state index in [9.17, 15) is 0 Å². The molecule has 0 saturated heterocycles. The van der Waals surface area contributed by atoms with Gasteiger partial charge >= 0.3 is 0 Å². The molecule has 0 aliphatic heterocycles. The number of hydrogen-bond acceptors (Lipinski definition) is 1. The molecule has 39 heavy (non-hydrogen) atoms. The molecule has 1 aromatic rings. The molecule has 2 heteroatoms. The molecule has 1 radical (unpaired) electrons. The number of aromatic nitrogens is 2. The van der Waals surface area contributed by atoms with Gasteiger partial charge in [-0.2, -0.15) is 0 Å². The van der Waals surface area contributed by atoms with E-state index in [1.807, 2.05) is 12.5 Å². The molecule has 0 N–H and O–H groups in total. The average molecular weight is 544 g/mol. The van der Waals surface area contributed by atoms with E-state index in [2.05, 4.69) is 36.5 Å². The van der Waals surface area contributed by atoms with Gasteiger partial charge in [0.05, 0.1) is 6.33 Å². The van der Waals surface area contributed by atoms with Gasteiger partial charge in [0.2, 0.25) is 0 Å². The SMILES string of the molecule is CCCCCCCCCCCCCCC(CCCCCCCCCCCCCC)C[C](CC)Cn1ccnc1. The summed E-state index contributed by atoms with van der Waals surface area (Å²) >= 11 is 0. The lowest BCUT2D eigenvalue weighted by Crippen LogP contribution is -2.13. The van der Waals surface area contributed by atoms with E-state index in [0.717, 1.165) is 12.5 Å². The lowest BCUT2D eigenvalue weighted by atomic mass is 9.85. The van der Waals surface area contributed by atoms with Crippen LogP contribution in [-0.4, -0.2) is 9.55 Å². The van der Waals surface area contributed by atoms with Crippen molar-refractivity contribution >= 4 is 0 Å². The monoisotopic (exact) mass is 544 g/mol. The Morgan fingerprint density at radius 1 is 0.538 bits per heavy atom. The second kappa shape index (κ2) is 28.7. The molecule has 0 aromatic carbocycles. The summed E-state index contributed by atoms with van der Waals surface area (Å²) in [6.45, 7) is 8.05. The Kier molecular flexibility index (Phi) is 26.7. The standard InChI is InChI=1S/C37H71N2/c1-4-7-9-11-13-15-17-19-21-23-25-27-29-37(33-36(6-3)34-39-32-31-38-35-39)30-28-26-24-22-20-18-16-14-12-10-8-5-2/h31-32,35,37H,4-30,33-34H2,1-3H3. The van der Waals surface area contributed by atoms with E-state index in [0.29, 0.717) is 0 Å². The third kappa shape index (κ3) is 23.6. The summed E-state index contributed by atoms with van der Waals surface area (Å²) in [7, 11) is 0. The maximum atomic E-state index is 4.26. The summed E-state index contributed by atoms with van der Waals surface area (Å²) in [6, 6.07) is 0. The molecular weight excluding hydrogens is 472 g/mol. The lowest BCUT2D eigenvalue weighted by Gasteiger charge is -2.23. The van der Waals surface area contributed by atoms with Crippen molar-refractivity contribution in [3.63, 3.8) is 0 Å². The molecule has 0 saturated carbocycles. The average Bonchev–Trinajstić information content (AvgIpc) is 3.46. The van der Waals surface area contributed by atoms with Crippen LogP contribution in [0.15, 0.2) is 18.7 Å². The lowest BCUT2D eigenvalue weighted by molar-refractivity contribution is 0.371. The summed E-state index contributed by atoms with van der Waals surface area (Å²) < 4.78 is 2.27. The van der Waals surface area contributed by atoms with Gasteiger partial charge in [0.15, 0.2) is 0 Å². The summed E-state index contributed by atoms with van der Waals surface area (Å²) in [5.74, 6) is 2.62. The van der Waals surface area contributed by atoms with Crippen LogP contribution in [0.3, 0.4) is 0 Å². The van der Waals surface area contributed by atoms with Crippen molar-refractivity contribution in [1.82, 2.24) is 9.55 Å². The molecule has 2 nitrogen and oxygen atoms in total. The Bertz CT molecular complexity index is 538. The highest BCUT2D eigenvalue weighted by Crippen LogP contribution is 2.29. The van der Waals surface area contributed by atoms with Crippen LogP contribution in [0.2, 0.25) is 0 Å². The predicted octanol–water partition coefficient (Wildman–Crippen LogP) is 13.1. The maximum Gasteiger partial charge on any atom is 0.0946 e. The Hall–Kier alpha value is -0.790. The highest BCUT2D eigenvalue weighted by Gasteiger charge is 2.16. The van der Waals surface area contributed by atoms with E-state index < -0.39 is 0 Å². The fourth-order valence-electron chi connectivity index (χ4n) is 6.26. The first-order valence-corrected chi connectivity index (χ1v) is 18.1. The minimum Gasteiger partial charge on any atom is -0.337 e. The first-order valence-electron chi connectivity index (χ1n) is 18.1. The van der Waals surface area contributed by atoms with Crippen LogP contribution in [0.25, 0.3) is 0 Å². The molecule has 1 aromatic heterocycles. The van der Waals surface area contributed by atoms with Gasteiger partial charge in [-0.05, 0) is 24.7 Å². The summed E-state index contributed by atoms with van der Waals surface area (Å²) in [5.41, 5.74) is 0. The highest BCUT2D eigenvalue weighted by molar-refractivity contribution is 4.92. The van der Waals surface area contributed by atoms with Crippen LogP contribution in [0.4, 0.5) is 0 Å². The van der Waals surface area contributed by atoms with Gasteiger partial charge in [-0.25, -0.2) is 4.98 Å². The molecular formula is C37H71N2. The third-order valence-electron chi connectivity index (χ3n) is 8.97. The molecule has 1 rings (SSSR count). The van der Waals surface area contributed by atoms with Crippen LogP contribution in [0.5, 0.6) is 0 Å². The zero-order valence-corrected chi connectivity index (χ0v) is 27.2. The second-order valence-corrected chi connectivity index (χ2v) is 12.8. The summed E-state index contributed by atoms with van der Waals surface area (Å²) in [4.78, 5) is 4.26. The largest absolute Gasteiger partial charge is 0.337 e. The van der Waals surface area contributed by atoms with E-state index >= 15 is 0 Å². The third-order valence-corrected chi connectivity index (χ3v) is 8.97. The fourth-order valence-corrected chi connectivity index (χ4v) is 6.26. The van der Waals surface area contributed by atoms with Gasteiger partial charge in [0, 0.05) is 18.9 Å². The van der Waals surface area contributed by atoms with Crippen molar-refractivity contribution in [3.05, 3.63) is 24.6 Å². The van der Waals surface area contributed by atoms with Crippen molar-refractivity contribution in [2.24, 2.45) is 5.92 Å². The zero-order valence-electron chi connectivity index (χ0n) is 27.2. The molecule has 0 bridgehead atoms. The van der Waals surface area contributed by atoms with E-state index in [4.69, 9.17) is 0 Å². The van der Waals surface area contributed by atoms with E-state index in [1.54, 1.807) is 5.92 Å². The highest BCUT2D eigenvalue weighted by atomic mass is 15.0. The van der Waals surface area contributed by atoms with Crippen molar-refractivity contribution in [2.75, 3.05) is 0 Å². The summed E-state index contributed by atoms with van der Waals surface area (Å²) in [5, 5.41) is 0. The first kappa shape index (κ1) is 36.2. The minimum atomic E-state index is 0.898. The quantitative estimate of drug-likeness (QED) is 0.0851. The second-order valence-electron chi connectivity index (χ2n) is 12.8. The molecule has 0 aliphatic carbocycles. The van der Waals surface area contributed by atoms with E-state index in [-0.39, 0.29) is 0 Å². The molecule has 0 amide bonds. The van der Waals surface area contributed by atoms with Gasteiger partial charge in [-0.15, -0.1) is 0 Å². The van der Waals surface area contributed by atoms with Gasteiger partial charge in [0.25, 0.3) is 0 Å². The van der Waals surface area contributed by atoms with Crippen molar-refractivity contribution in [2.45, 2.75) is 207 Å². The predicted molar refractivity (Wildman–Crippen MR) is 175 cm³/mol. The van der Waals surface area contributed by atoms with Crippen LogP contribution >= 0.6 is 0 Å². The molecule has 0 aliphatic rings. The molecule has 0 spiro atoms. The summed E-state index contributed by atoms with van der Waals surface area (Å²) in [6.07, 6.45) is 46.3. The zero-order chi connectivity index (χ0) is 28.1. The molecule has 0 fully saturated rings. The number of unbranched alkanes of at least 4 members (excludes halogenated alkanes) is 22. The molecule has 0 atom stereocenters. The molecule has 229 valence electrons. The van der Waals surface area contributed by atoms with Crippen LogP contribution in [0.1, 0.15) is 201 Å². The van der Waals surface area contributed by atoms with Gasteiger partial charge in [-0.1, -0.05) is 188 Å². The van der Waals surface area contributed by atoms with Crippen molar-refractivity contribution < 1.29 is 0 Å². The van der Waals surface area contributed by atoms with Crippen molar-refractivity contribution in [3.8, 4) is 0 Å². The number of nitrogens with zero attached hydrogens (tertiary/aromatic N) is 2. The van der Waals surface area contributed by atoms with Gasteiger partial charge < -0.3 is 4.57 Å². The maximum absolute atomic E-state index is 4.26. The normalized spacial score (nSPS) is 11.8. The number of rotatable bonds is 31. The minimum absolute atomic E-state index is 0.898. The Morgan fingerprint density at radius 3 is 1.26 bits per heavy atom. The number of imidazole rings is 1. The number of hydrogen-bond donors (Lipinski definition) is 0. The Balaban J connectivity index is 2.18. The first-order chi connectivity index (χ1) is 19.3. The fraction of sp³-hybridized carbons (Fsp3) is 0.892. The molecule has 0 unspecified atom stereocenters. The van der Waals surface area contributed by atoms with Gasteiger partial charge in [-0.3, -0.25) is 0 Å². The van der Waals surface area contributed by atoms with Crippen molar-refractivity contribution in [1.29, 1.82) is 0 Å². The van der Waals surface area contributed by atoms with Crippen LogP contribution in [-0.2, 0) is 6.54 Å². The topological polar surface area (TPSA) is 17.8 Å². The smallest absolute Gasteiger partial charge is 0.0946 e.